The molecule has 0 atom stereocenters. The van der Waals surface area contributed by atoms with Gasteiger partial charge in [-0.2, -0.15) is 4.31 Å². The molecular weight excluding hydrogens is 396 g/mol. The summed E-state index contributed by atoms with van der Waals surface area (Å²) in [6.45, 7) is 3.04. The van der Waals surface area contributed by atoms with E-state index >= 15 is 0 Å². The molecule has 11 heteroatoms. The van der Waals surface area contributed by atoms with Crippen LogP contribution < -0.4 is 11.1 Å². The number of aryl methyl sites for hydroxylation is 1. The van der Waals surface area contributed by atoms with Crippen LogP contribution >= 0.6 is 12.4 Å². The van der Waals surface area contributed by atoms with Crippen LogP contribution in [0.4, 0.5) is 5.69 Å². The second-order valence-electron chi connectivity index (χ2n) is 6.32. The molecule has 1 fully saturated rings. The van der Waals surface area contributed by atoms with Crippen molar-refractivity contribution in [2.24, 2.45) is 11.7 Å². The first-order valence-corrected chi connectivity index (χ1v) is 9.94. The van der Waals surface area contributed by atoms with Crippen LogP contribution in [0.15, 0.2) is 23.1 Å². The summed E-state index contributed by atoms with van der Waals surface area (Å²) in [5.74, 6) is -0.313. The van der Waals surface area contributed by atoms with Crippen molar-refractivity contribution in [2.75, 3.05) is 26.2 Å². The first kappa shape index (κ1) is 23.3. The van der Waals surface area contributed by atoms with Crippen molar-refractivity contribution in [3.63, 3.8) is 0 Å². The van der Waals surface area contributed by atoms with Crippen LogP contribution in [0, 0.1) is 23.0 Å². The van der Waals surface area contributed by atoms with Gasteiger partial charge in [0.2, 0.25) is 15.9 Å². The minimum atomic E-state index is -3.84. The van der Waals surface area contributed by atoms with E-state index in [0.29, 0.717) is 37.9 Å². The van der Waals surface area contributed by atoms with Gasteiger partial charge in [0.15, 0.2) is 0 Å². The van der Waals surface area contributed by atoms with Crippen LogP contribution in [0.3, 0.4) is 0 Å². The van der Waals surface area contributed by atoms with E-state index in [1.54, 1.807) is 6.92 Å². The summed E-state index contributed by atoms with van der Waals surface area (Å²) >= 11 is 0. The van der Waals surface area contributed by atoms with E-state index in [2.05, 4.69) is 5.32 Å². The third-order valence-electron chi connectivity index (χ3n) is 4.51. The normalized spacial score (nSPS) is 15.8. The summed E-state index contributed by atoms with van der Waals surface area (Å²) in [4.78, 5) is 22.3. The summed E-state index contributed by atoms with van der Waals surface area (Å²) < 4.78 is 27.0. The van der Waals surface area contributed by atoms with Crippen LogP contribution in [0.1, 0.15) is 24.8 Å². The van der Waals surface area contributed by atoms with Crippen molar-refractivity contribution < 1.29 is 18.1 Å². The molecule has 27 heavy (non-hydrogen) atoms. The van der Waals surface area contributed by atoms with Crippen molar-refractivity contribution in [1.82, 2.24) is 9.62 Å². The number of non-ortho nitro benzene ring substituents is 1. The quantitative estimate of drug-likeness (QED) is 0.386. The molecule has 1 aromatic rings. The van der Waals surface area contributed by atoms with Crippen LogP contribution in [0.25, 0.3) is 0 Å². The number of hydrogen-bond acceptors (Lipinski definition) is 6. The topological polar surface area (TPSA) is 136 Å². The Bertz CT molecular complexity index is 779. The maximum atomic E-state index is 12.9. The lowest BCUT2D eigenvalue weighted by Crippen LogP contribution is -2.43. The van der Waals surface area contributed by atoms with Crippen molar-refractivity contribution >= 4 is 34.0 Å². The Hall–Kier alpha value is -1.75. The van der Waals surface area contributed by atoms with Gasteiger partial charge in [0.05, 0.1) is 9.82 Å². The number of amides is 1. The maximum Gasteiger partial charge on any atom is 0.270 e. The number of nitrogens with one attached hydrogen (secondary N) is 1. The number of halogens is 1. The number of nitro benzene ring substituents is 1. The Balaban J connectivity index is 0.00000364. The smallest absolute Gasteiger partial charge is 0.270 e. The Morgan fingerprint density at radius 2 is 2.00 bits per heavy atom. The average molecular weight is 421 g/mol. The fourth-order valence-corrected chi connectivity index (χ4v) is 4.65. The van der Waals surface area contributed by atoms with E-state index in [9.17, 15) is 23.3 Å². The summed E-state index contributed by atoms with van der Waals surface area (Å²) in [6.07, 6.45) is 1.54. The van der Waals surface area contributed by atoms with Crippen molar-refractivity contribution in [2.45, 2.75) is 31.1 Å². The number of benzene rings is 1. The fourth-order valence-electron chi connectivity index (χ4n) is 2.94. The first-order valence-electron chi connectivity index (χ1n) is 8.50. The zero-order chi connectivity index (χ0) is 19.3. The molecule has 1 aliphatic heterocycles. The molecule has 0 saturated carbocycles. The Kier molecular flexibility index (Phi) is 8.60. The molecule has 0 aliphatic carbocycles. The number of piperidine rings is 1. The molecule has 3 N–H and O–H groups in total. The zero-order valence-electron chi connectivity index (χ0n) is 15.1. The molecule has 1 amide bonds. The van der Waals surface area contributed by atoms with Crippen LogP contribution in [-0.2, 0) is 14.8 Å². The summed E-state index contributed by atoms with van der Waals surface area (Å²) in [5.41, 5.74) is 5.58. The zero-order valence-corrected chi connectivity index (χ0v) is 16.7. The molecular formula is C16H25ClN4O5S. The predicted molar refractivity (Wildman–Crippen MR) is 103 cm³/mol. The van der Waals surface area contributed by atoms with E-state index in [0.717, 1.165) is 6.07 Å². The van der Waals surface area contributed by atoms with Crippen LogP contribution in [-0.4, -0.2) is 49.7 Å². The van der Waals surface area contributed by atoms with Gasteiger partial charge in [-0.25, -0.2) is 8.42 Å². The van der Waals surface area contributed by atoms with Gasteiger partial charge in [-0.15, -0.1) is 12.4 Å². The number of carbonyl (C=O) groups is 1. The number of rotatable bonds is 7. The molecule has 9 nitrogen and oxygen atoms in total. The van der Waals surface area contributed by atoms with E-state index in [4.69, 9.17) is 5.73 Å². The molecule has 0 radical (unpaired) electrons. The number of nitro groups is 1. The van der Waals surface area contributed by atoms with E-state index in [1.807, 2.05) is 0 Å². The van der Waals surface area contributed by atoms with E-state index in [-0.39, 0.29) is 47.9 Å². The molecule has 152 valence electrons. The van der Waals surface area contributed by atoms with Crippen LogP contribution in [0.5, 0.6) is 0 Å². The van der Waals surface area contributed by atoms with Crippen molar-refractivity contribution in [1.29, 1.82) is 0 Å². The molecule has 2 rings (SSSR count). The van der Waals surface area contributed by atoms with Gasteiger partial charge < -0.3 is 11.1 Å². The highest BCUT2D eigenvalue weighted by molar-refractivity contribution is 7.89. The standard InChI is InChI=1S/C16H24N4O5S.ClH/c1-12-3-4-14(20(22)23)11-15(12)26(24,25)19-9-5-13(6-10-19)16(21)18-8-2-7-17;/h3-4,11,13H,2,5-10,17H2,1H3,(H,18,21);1H. The largest absolute Gasteiger partial charge is 0.356 e. The minimum absolute atomic E-state index is 0. The third kappa shape index (κ3) is 5.61. The maximum absolute atomic E-state index is 12.9. The summed E-state index contributed by atoms with van der Waals surface area (Å²) in [7, 11) is -3.84. The highest BCUT2D eigenvalue weighted by Crippen LogP contribution is 2.28. The van der Waals surface area contributed by atoms with E-state index < -0.39 is 14.9 Å². The van der Waals surface area contributed by atoms with Gasteiger partial charge in [0.1, 0.15) is 0 Å². The molecule has 0 aromatic heterocycles. The monoisotopic (exact) mass is 420 g/mol. The second-order valence-corrected chi connectivity index (χ2v) is 8.22. The molecule has 1 aliphatic rings. The highest BCUT2D eigenvalue weighted by Gasteiger charge is 2.33. The van der Waals surface area contributed by atoms with Gasteiger partial charge in [-0.05, 0) is 38.3 Å². The lowest BCUT2D eigenvalue weighted by atomic mass is 9.97. The molecule has 1 saturated heterocycles. The van der Waals surface area contributed by atoms with Crippen LogP contribution in [0.2, 0.25) is 0 Å². The van der Waals surface area contributed by atoms with Gasteiger partial charge in [-0.1, -0.05) is 6.07 Å². The van der Waals surface area contributed by atoms with Gasteiger partial charge >= 0.3 is 0 Å². The first-order chi connectivity index (χ1) is 12.3. The Morgan fingerprint density at radius 3 is 2.56 bits per heavy atom. The van der Waals surface area contributed by atoms with Gasteiger partial charge in [-0.3, -0.25) is 14.9 Å². The number of nitrogens with two attached hydrogens (primary N) is 1. The van der Waals surface area contributed by atoms with Crippen molar-refractivity contribution in [3.05, 3.63) is 33.9 Å². The molecule has 0 spiro atoms. The lowest BCUT2D eigenvalue weighted by molar-refractivity contribution is -0.385. The lowest BCUT2D eigenvalue weighted by Gasteiger charge is -2.30. The molecule has 0 unspecified atom stereocenters. The number of hydrogen-bond donors (Lipinski definition) is 2. The van der Waals surface area contributed by atoms with E-state index in [1.165, 1.54) is 16.4 Å². The third-order valence-corrected chi connectivity index (χ3v) is 6.55. The Labute approximate surface area is 164 Å². The van der Waals surface area contributed by atoms with Gasteiger partial charge in [0.25, 0.3) is 5.69 Å². The summed E-state index contributed by atoms with van der Waals surface area (Å²) in [6, 6.07) is 3.81. The summed E-state index contributed by atoms with van der Waals surface area (Å²) in [5, 5.41) is 13.7. The van der Waals surface area contributed by atoms with Gasteiger partial charge in [0, 0.05) is 37.7 Å². The van der Waals surface area contributed by atoms with Crippen molar-refractivity contribution in [3.8, 4) is 0 Å². The molecule has 1 aromatic carbocycles. The Morgan fingerprint density at radius 1 is 1.37 bits per heavy atom. The average Bonchev–Trinajstić information content (AvgIpc) is 2.62. The number of carbonyl (C=O) groups excluding carboxylic acids is 1. The highest BCUT2D eigenvalue weighted by atomic mass is 35.5. The number of sulfonamides is 1. The molecule has 0 bridgehead atoms. The fraction of sp³-hybridized carbons (Fsp3) is 0.562. The second kappa shape index (κ2) is 9.98. The SMILES string of the molecule is Cc1ccc([N+](=O)[O-])cc1S(=O)(=O)N1CCC(C(=O)NCCCN)CC1.Cl. The number of nitrogens with zero attached hydrogens (tertiary/aromatic N) is 2. The molecule has 1 heterocycles. The minimum Gasteiger partial charge on any atom is -0.356 e. The predicted octanol–water partition coefficient (Wildman–Crippen LogP) is 1.19.